The molecule has 0 aromatic heterocycles. The summed E-state index contributed by atoms with van der Waals surface area (Å²) in [4.78, 5) is 0. The number of hydrogen-bond acceptors (Lipinski definition) is 2. The molecule has 2 nitrogen and oxygen atoms in total. The van der Waals surface area contributed by atoms with E-state index in [4.69, 9.17) is 0 Å². The van der Waals surface area contributed by atoms with E-state index in [9.17, 15) is 13.7 Å². The van der Waals surface area contributed by atoms with Gasteiger partial charge in [0.1, 0.15) is 5.75 Å². The van der Waals surface area contributed by atoms with Crippen molar-refractivity contribution in [2.45, 2.75) is 0 Å². The summed E-state index contributed by atoms with van der Waals surface area (Å²) in [6, 6.07) is 13.0. The predicted molar refractivity (Wildman–Crippen MR) is 107 cm³/mol. The Morgan fingerprint density at radius 1 is 1.11 bits per heavy atom. The second-order valence-corrected chi connectivity index (χ2v) is 6.79. The number of halogens is 4. The average molecular weight is 538 g/mol. The van der Waals surface area contributed by atoms with E-state index in [1.54, 1.807) is 6.08 Å². The van der Waals surface area contributed by atoms with Crippen molar-refractivity contribution in [3.8, 4) is 5.75 Å². The van der Waals surface area contributed by atoms with Gasteiger partial charge in [0, 0.05) is 10.0 Å². The zero-order chi connectivity index (χ0) is 18.9. The molecule has 140 valence electrons. The van der Waals surface area contributed by atoms with Crippen LogP contribution in [-0.2, 0) is 17.1 Å². The Morgan fingerprint density at radius 3 is 2.26 bits per heavy atom. The van der Waals surface area contributed by atoms with Gasteiger partial charge in [0.25, 0.3) is 0 Å². The molecule has 0 N–H and O–H groups in total. The van der Waals surface area contributed by atoms with Crippen molar-refractivity contribution in [3.05, 3.63) is 99.0 Å². The van der Waals surface area contributed by atoms with Gasteiger partial charge < -0.3 is 9.76 Å². The van der Waals surface area contributed by atoms with Gasteiger partial charge >= 0.3 is 24.5 Å². The van der Waals surface area contributed by atoms with Gasteiger partial charge in [0.15, 0.2) is 0 Å². The molecule has 0 atom stereocenters. The van der Waals surface area contributed by atoms with E-state index in [-0.39, 0.29) is 32.9 Å². The molecule has 2 aromatic rings. The van der Waals surface area contributed by atoms with E-state index in [1.807, 2.05) is 54.6 Å². The smallest absolute Gasteiger partial charge is 0.872 e. The Bertz CT molecular complexity index is 816. The van der Waals surface area contributed by atoms with Crippen molar-refractivity contribution in [1.82, 2.24) is 0 Å². The molecular weight excluding hydrogens is 525 g/mol. The van der Waals surface area contributed by atoms with Crippen molar-refractivity contribution < 1.29 is 35.5 Å². The predicted octanol–water partition coefficient (Wildman–Crippen LogP) is 5.67. The average Bonchev–Trinajstić information content (AvgIpc) is 3.30. The van der Waals surface area contributed by atoms with E-state index in [0.29, 0.717) is 4.47 Å². The summed E-state index contributed by atoms with van der Waals surface area (Å²) in [6.07, 6.45) is 10.3. The van der Waals surface area contributed by atoms with Crippen molar-refractivity contribution in [1.29, 1.82) is 0 Å². The molecule has 0 saturated carbocycles. The minimum Gasteiger partial charge on any atom is -0.872 e. The van der Waals surface area contributed by atoms with E-state index in [1.165, 1.54) is 18.2 Å². The van der Waals surface area contributed by atoms with Gasteiger partial charge in [-0.2, -0.15) is 18.2 Å². The number of allylic oxidation sites excluding steroid dienone is 7. The van der Waals surface area contributed by atoms with Crippen LogP contribution in [0.3, 0.4) is 0 Å². The number of benzene rings is 1. The third-order valence-electron chi connectivity index (χ3n) is 3.15. The van der Waals surface area contributed by atoms with Crippen molar-refractivity contribution in [3.63, 3.8) is 0 Å². The van der Waals surface area contributed by atoms with Gasteiger partial charge in [-0.15, -0.1) is 0 Å². The molecule has 0 saturated heterocycles. The Kier molecular flexibility index (Phi) is 10.6. The van der Waals surface area contributed by atoms with Gasteiger partial charge in [-0.3, -0.25) is 0 Å². The normalized spacial score (nSPS) is 12.1. The molecule has 1 aliphatic rings. The van der Waals surface area contributed by atoms with Crippen LogP contribution in [0.1, 0.15) is 5.56 Å². The fraction of sp³-hybridized carbons (Fsp3) is 0. The van der Waals surface area contributed by atoms with Crippen LogP contribution >= 0.6 is 31.9 Å². The van der Waals surface area contributed by atoms with Gasteiger partial charge in [-0.25, -0.2) is 20.8 Å². The first kappa shape index (κ1) is 23.6. The molecule has 3 rings (SSSR count). The number of hydrogen-bond donors (Lipinski definition) is 0. The van der Waals surface area contributed by atoms with E-state index >= 15 is 0 Å². The molecule has 1 aliphatic carbocycles. The van der Waals surface area contributed by atoms with Gasteiger partial charge in [0.05, 0.1) is 4.47 Å². The Morgan fingerprint density at radius 2 is 1.74 bits per heavy atom. The van der Waals surface area contributed by atoms with Crippen molar-refractivity contribution in [2.24, 2.45) is 0 Å². The second-order valence-electron chi connectivity index (χ2n) is 5.02. The monoisotopic (exact) mass is 536 g/mol. The van der Waals surface area contributed by atoms with Crippen LogP contribution in [0.25, 0.3) is 5.76 Å². The van der Waals surface area contributed by atoms with Crippen LogP contribution in [0.4, 0.5) is 8.63 Å². The molecule has 0 bridgehead atoms. The quantitative estimate of drug-likeness (QED) is 0.286. The summed E-state index contributed by atoms with van der Waals surface area (Å²) in [6.45, 7) is 0. The van der Waals surface area contributed by atoms with E-state index in [2.05, 4.69) is 36.5 Å². The van der Waals surface area contributed by atoms with Crippen LogP contribution in [0.15, 0.2) is 93.4 Å². The minimum absolute atomic E-state index is 0. The van der Waals surface area contributed by atoms with E-state index in [0.717, 1.165) is 5.57 Å². The van der Waals surface area contributed by atoms with Crippen LogP contribution < -0.4 is 9.76 Å². The third-order valence-corrected chi connectivity index (χ3v) is 4.20. The first-order valence-electron chi connectivity index (χ1n) is 7.52. The van der Waals surface area contributed by atoms with Gasteiger partial charge in [0.2, 0.25) is 0 Å². The minimum atomic E-state index is -3.01. The van der Waals surface area contributed by atoms with E-state index < -0.39 is 13.2 Å². The second kappa shape index (κ2) is 12.1. The zero-order valence-corrected chi connectivity index (χ0v) is 18.0. The summed E-state index contributed by atoms with van der Waals surface area (Å²) in [5.74, 6) is -0.598. The molecule has 27 heavy (non-hydrogen) atoms. The van der Waals surface area contributed by atoms with Gasteiger partial charge in [-0.05, 0) is 33.6 Å². The summed E-state index contributed by atoms with van der Waals surface area (Å²) in [7, 11) is -3.01. The van der Waals surface area contributed by atoms with Gasteiger partial charge in [-0.1, -0.05) is 58.1 Å². The number of rotatable bonds is 4. The maximum absolute atomic E-state index is 12.5. The van der Waals surface area contributed by atoms with Crippen LogP contribution in [0.5, 0.6) is 5.75 Å². The maximum Gasteiger partial charge on any atom is 2.00 e. The molecule has 0 aliphatic heterocycles. The summed E-state index contributed by atoms with van der Waals surface area (Å²) < 4.78 is 30.2. The largest absolute Gasteiger partial charge is 2.00 e. The third kappa shape index (κ3) is 7.97. The molecule has 0 spiro atoms. The standard InChI is InChI=1S/C14H9BBr2F2O2.C5H5.Fe/c16-10-7-11(14(12(17)8-10)21-15(18)19)13(20)6-5-9-3-1-2-4-9;1-2-4-5-3-1;/h1-8,20H;1-5H;/q;-1;+2/p-1/b13-6-;;. The first-order chi connectivity index (χ1) is 12.5. The molecule has 0 heterocycles. The fourth-order valence-electron chi connectivity index (χ4n) is 2.03. The molecule has 0 amide bonds. The van der Waals surface area contributed by atoms with Crippen molar-refractivity contribution in [2.75, 3.05) is 0 Å². The van der Waals surface area contributed by atoms with Crippen molar-refractivity contribution >= 4 is 45.1 Å². The molecule has 0 fully saturated rings. The topological polar surface area (TPSA) is 32.3 Å². The Labute approximate surface area is 184 Å². The molecular formula is C19H13BBr2F2FeO2. The van der Waals surface area contributed by atoms with Crippen LogP contribution in [-0.4, -0.2) is 7.47 Å². The fourth-order valence-corrected chi connectivity index (χ4v) is 3.35. The Hall–Kier alpha value is -1.47. The molecule has 2 aromatic carbocycles. The summed E-state index contributed by atoms with van der Waals surface area (Å²) in [5, 5.41) is 12.2. The van der Waals surface area contributed by atoms with Crippen LogP contribution in [0.2, 0.25) is 0 Å². The SMILES string of the molecule is [Fe+2].[O-]/C(=C\C=C1C=CC=C1)c1cc(Br)cc(Br)c1OB(F)F.c1cc[cH-]c1. The summed E-state index contributed by atoms with van der Waals surface area (Å²) in [5.41, 5.74) is 0.910. The van der Waals surface area contributed by atoms with Crippen LogP contribution in [0, 0.1) is 0 Å². The molecule has 0 unspecified atom stereocenters. The maximum atomic E-state index is 12.5. The zero-order valence-electron chi connectivity index (χ0n) is 13.8. The first-order valence-corrected chi connectivity index (χ1v) is 9.10. The molecule has 8 heteroatoms. The summed E-state index contributed by atoms with van der Waals surface area (Å²) >= 11 is 6.34. The Balaban J connectivity index is 0.000000526. The molecule has 0 radical (unpaired) electrons.